The van der Waals surface area contributed by atoms with Gasteiger partial charge in [0, 0.05) is 25.3 Å². The van der Waals surface area contributed by atoms with E-state index in [-0.39, 0.29) is 0 Å². The van der Waals surface area contributed by atoms with E-state index < -0.39 is 0 Å². The number of hydrogen-bond acceptors (Lipinski definition) is 2. The summed E-state index contributed by atoms with van der Waals surface area (Å²) in [6, 6.07) is 8.75. The monoisotopic (exact) mass is 258 g/mol. The van der Waals surface area contributed by atoms with Crippen LogP contribution in [0.25, 0.3) is 0 Å². The van der Waals surface area contributed by atoms with Crippen LogP contribution in [0.5, 0.6) is 0 Å². The van der Waals surface area contributed by atoms with Gasteiger partial charge in [0.15, 0.2) is 0 Å². The van der Waals surface area contributed by atoms with Crippen LogP contribution in [0.15, 0.2) is 24.3 Å². The average molecular weight is 258 g/mol. The Kier molecular flexibility index (Phi) is 4.07. The van der Waals surface area contributed by atoms with Crippen LogP contribution >= 0.6 is 0 Å². The van der Waals surface area contributed by atoms with E-state index in [1.54, 1.807) is 0 Å². The quantitative estimate of drug-likeness (QED) is 0.890. The van der Waals surface area contributed by atoms with Crippen LogP contribution in [0.1, 0.15) is 31.2 Å². The third-order valence-corrected chi connectivity index (χ3v) is 4.72. The molecule has 0 radical (unpaired) electrons. The first-order valence-corrected chi connectivity index (χ1v) is 7.81. The summed E-state index contributed by atoms with van der Waals surface area (Å²) in [5, 5.41) is 3.59. The fraction of sp³-hybridized carbons (Fsp3) is 0.647. The largest absolute Gasteiger partial charge is 0.384 e. The smallest absolute Gasteiger partial charge is 0.0372 e. The molecule has 104 valence electrons. The molecule has 1 atom stereocenters. The number of anilines is 1. The van der Waals surface area contributed by atoms with Crippen molar-refractivity contribution in [2.45, 2.75) is 32.1 Å². The first-order chi connectivity index (χ1) is 9.31. The summed E-state index contributed by atoms with van der Waals surface area (Å²) >= 11 is 0. The molecule has 1 aliphatic carbocycles. The van der Waals surface area contributed by atoms with Gasteiger partial charge in [-0.3, -0.25) is 0 Å². The number of fused-ring (bicyclic) bond motifs is 1. The highest BCUT2D eigenvalue weighted by atomic mass is 15.1. The maximum atomic E-state index is 3.59. The van der Waals surface area contributed by atoms with Crippen molar-refractivity contribution in [1.82, 2.24) is 4.90 Å². The van der Waals surface area contributed by atoms with E-state index in [9.17, 15) is 0 Å². The van der Waals surface area contributed by atoms with E-state index in [1.807, 2.05) is 0 Å². The van der Waals surface area contributed by atoms with Crippen molar-refractivity contribution in [2.24, 2.45) is 11.8 Å². The molecule has 2 aliphatic rings. The van der Waals surface area contributed by atoms with Gasteiger partial charge in [0.25, 0.3) is 0 Å². The van der Waals surface area contributed by atoms with Gasteiger partial charge in [0.1, 0.15) is 0 Å². The lowest BCUT2D eigenvalue weighted by Gasteiger charge is -2.30. The third kappa shape index (κ3) is 3.30. The molecule has 3 rings (SSSR count). The first-order valence-electron chi connectivity index (χ1n) is 7.81. The summed E-state index contributed by atoms with van der Waals surface area (Å²) in [7, 11) is 2.30. The lowest BCUT2D eigenvalue weighted by molar-refractivity contribution is 0.240. The molecule has 1 unspecified atom stereocenters. The van der Waals surface area contributed by atoms with Gasteiger partial charge in [-0.1, -0.05) is 31.0 Å². The van der Waals surface area contributed by atoms with Gasteiger partial charge >= 0.3 is 0 Å². The summed E-state index contributed by atoms with van der Waals surface area (Å²) in [6.45, 7) is 3.67. The molecule has 1 heterocycles. The number of hydrogen-bond donors (Lipinski definition) is 1. The molecule has 1 fully saturated rings. The Hall–Kier alpha value is -1.02. The van der Waals surface area contributed by atoms with E-state index in [1.165, 1.54) is 56.4 Å². The summed E-state index contributed by atoms with van der Waals surface area (Å²) in [4.78, 5) is 2.57. The van der Waals surface area contributed by atoms with Gasteiger partial charge in [-0.05, 0) is 49.8 Å². The van der Waals surface area contributed by atoms with Gasteiger partial charge in [-0.15, -0.1) is 0 Å². The van der Waals surface area contributed by atoms with Crippen LogP contribution in [0.3, 0.4) is 0 Å². The highest BCUT2D eigenvalue weighted by Gasteiger charge is 2.21. The van der Waals surface area contributed by atoms with Gasteiger partial charge in [0.05, 0.1) is 0 Å². The Balaban J connectivity index is 1.51. The van der Waals surface area contributed by atoms with E-state index in [0.29, 0.717) is 0 Å². The Morgan fingerprint density at radius 1 is 1.11 bits per heavy atom. The molecule has 1 saturated carbocycles. The minimum atomic E-state index is 0.765. The standard InChI is InChI=1S/C17H26N2/c1-19(12-14-6-2-3-7-14)13-15-10-16-8-4-5-9-17(16)18-11-15/h4-5,8-9,14-15,18H,2-3,6-7,10-13H2,1H3. The topological polar surface area (TPSA) is 15.3 Å². The molecule has 2 nitrogen and oxygen atoms in total. The molecule has 0 aromatic heterocycles. The van der Waals surface area contributed by atoms with Crippen molar-refractivity contribution in [3.63, 3.8) is 0 Å². The number of benzene rings is 1. The summed E-state index contributed by atoms with van der Waals surface area (Å²) in [5.74, 6) is 1.73. The van der Waals surface area contributed by atoms with E-state index >= 15 is 0 Å². The van der Waals surface area contributed by atoms with Crippen molar-refractivity contribution in [2.75, 3.05) is 32.0 Å². The first kappa shape index (κ1) is 13.0. The Labute approximate surface area is 117 Å². The average Bonchev–Trinajstić information content (AvgIpc) is 2.91. The van der Waals surface area contributed by atoms with Crippen LogP contribution in [-0.2, 0) is 6.42 Å². The maximum absolute atomic E-state index is 3.59. The Morgan fingerprint density at radius 2 is 1.84 bits per heavy atom. The third-order valence-electron chi connectivity index (χ3n) is 4.72. The fourth-order valence-corrected chi connectivity index (χ4v) is 3.79. The normalized spacial score (nSPS) is 23.4. The lowest BCUT2D eigenvalue weighted by Crippen LogP contribution is -2.35. The second-order valence-electron chi connectivity index (χ2n) is 6.48. The molecule has 1 aliphatic heterocycles. The maximum Gasteiger partial charge on any atom is 0.0372 e. The molecule has 0 saturated heterocycles. The SMILES string of the molecule is CN(CC1CCCC1)CC1CNc2ccccc2C1. The minimum absolute atomic E-state index is 0.765. The second-order valence-corrected chi connectivity index (χ2v) is 6.48. The van der Waals surface area contributed by atoms with Crippen molar-refractivity contribution in [1.29, 1.82) is 0 Å². The molecule has 0 amide bonds. The highest BCUT2D eigenvalue weighted by Crippen LogP contribution is 2.27. The predicted molar refractivity (Wildman–Crippen MR) is 81.6 cm³/mol. The molecule has 19 heavy (non-hydrogen) atoms. The Morgan fingerprint density at radius 3 is 2.68 bits per heavy atom. The van der Waals surface area contributed by atoms with E-state index in [2.05, 4.69) is 41.5 Å². The zero-order valence-corrected chi connectivity index (χ0v) is 12.1. The minimum Gasteiger partial charge on any atom is -0.384 e. The summed E-state index contributed by atoms with van der Waals surface area (Å²) in [5.41, 5.74) is 2.84. The summed E-state index contributed by atoms with van der Waals surface area (Å²) < 4.78 is 0. The van der Waals surface area contributed by atoms with Gasteiger partial charge in [0.2, 0.25) is 0 Å². The van der Waals surface area contributed by atoms with Crippen LogP contribution in [0.4, 0.5) is 5.69 Å². The fourth-order valence-electron chi connectivity index (χ4n) is 3.79. The molecule has 1 N–H and O–H groups in total. The number of nitrogens with one attached hydrogen (secondary N) is 1. The van der Waals surface area contributed by atoms with Crippen molar-refractivity contribution in [3.05, 3.63) is 29.8 Å². The van der Waals surface area contributed by atoms with E-state index in [4.69, 9.17) is 0 Å². The number of rotatable bonds is 4. The zero-order valence-electron chi connectivity index (χ0n) is 12.1. The van der Waals surface area contributed by atoms with Crippen LogP contribution in [0.2, 0.25) is 0 Å². The zero-order chi connectivity index (χ0) is 13.1. The molecular weight excluding hydrogens is 232 g/mol. The molecule has 1 aromatic rings. The van der Waals surface area contributed by atoms with Gasteiger partial charge in [-0.25, -0.2) is 0 Å². The van der Waals surface area contributed by atoms with Gasteiger partial charge < -0.3 is 10.2 Å². The van der Waals surface area contributed by atoms with Crippen molar-refractivity contribution in [3.8, 4) is 0 Å². The summed E-state index contributed by atoms with van der Waals surface area (Å²) in [6.07, 6.45) is 7.05. The Bertz CT molecular complexity index is 409. The molecule has 2 heteroatoms. The van der Waals surface area contributed by atoms with E-state index in [0.717, 1.165) is 18.4 Å². The van der Waals surface area contributed by atoms with Crippen molar-refractivity contribution < 1.29 is 0 Å². The van der Waals surface area contributed by atoms with Crippen LogP contribution < -0.4 is 5.32 Å². The molecular formula is C17H26N2. The highest BCUT2D eigenvalue weighted by molar-refractivity contribution is 5.53. The van der Waals surface area contributed by atoms with Crippen LogP contribution in [-0.4, -0.2) is 31.6 Å². The predicted octanol–water partition coefficient (Wildman–Crippen LogP) is 3.39. The lowest BCUT2D eigenvalue weighted by atomic mass is 9.93. The van der Waals surface area contributed by atoms with Crippen molar-refractivity contribution >= 4 is 5.69 Å². The molecule has 1 aromatic carbocycles. The molecule has 0 spiro atoms. The van der Waals surface area contributed by atoms with Crippen LogP contribution in [0, 0.1) is 11.8 Å². The molecule has 0 bridgehead atoms. The number of para-hydroxylation sites is 1. The second kappa shape index (κ2) is 5.96. The number of nitrogens with zero attached hydrogens (tertiary/aromatic N) is 1. The van der Waals surface area contributed by atoms with Gasteiger partial charge in [-0.2, -0.15) is 0 Å².